The molecule has 0 bridgehead atoms. The van der Waals surface area contributed by atoms with Gasteiger partial charge in [-0.25, -0.2) is 0 Å². The van der Waals surface area contributed by atoms with E-state index in [-0.39, 0.29) is 0 Å². The van der Waals surface area contributed by atoms with Crippen molar-refractivity contribution in [1.82, 2.24) is 15.6 Å². The van der Waals surface area contributed by atoms with Gasteiger partial charge in [0.25, 0.3) is 0 Å². The molecule has 0 amide bonds. The zero-order valence-corrected chi connectivity index (χ0v) is 15.7. The molecule has 24 heavy (non-hydrogen) atoms. The van der Waals surface area contributed by atoms with E-state index >= 15 is 0 Å². The molecule has 0 unspecified atom stereocenters. The zero-order valence-electron chi connectivity index (χ0n) is 14.9. The molecule has 0 aliphatic rings. The Morgan fingerprint density at radius 2 is 2.29 bits per heavy atom. The van der Waals surface area contributed by atoms with Gasteiger partial charge < -0.3 is 15.4 Å². The highest BCUT2D eigenvalue weighted by atomic mass is 32.2. The molecule has 5 heteroatoms. The topological polar surface area (TPSA) is 46.2 Å². The summed E-state index contributed by atoms with van der Waals surface area (Å²) in [7, 11) is 1.93. The molecule has 0 spiro atoms. The number of hydrogen-bond acceptors (Lipinski definition) is 5. The van der Waals surface area contributed by atoms with E-state index in [2.05, 4.69) is 34.0 Å². The Morgan fingerprint density at radius 3 is 2.96 bits per heavy atom. The van der Waals surface area contributed by atoms with Crippen molar-refractivity contribution in [3.8, 4) is 0 Å². The second-order valence-corrected chi connectivity index (χ2v) is 5.92. The van der Waals surface area contributed by atoms with Crippen LogP contribution in [-0.2, 0) is 4.74 Å². The Kier molecular flexibility index (Phi) is 11.6. The van der Waals surface area contributed by atoms with Crippen LogP contribution in [0.4, 0.5) is 0 Å². The fraction of sp³-hybridized carbons (Fsp3) is 0.421. The van der Waals surface area contributed by atoms with Crippen LogP contribution in [0.15, 0.2) is 53.9 Å². The van der Waals surface area contributed by atoms with Crippen molar-refractivity contribution in [3.63, 3.8) is 0 Å². The molecule has 0 saturated heterocycles. The standard InChI is InChI=1S/C19H29N3OS/c1-4-13-23-18(5-2)10-6-7-11-22-16-24-15-19(20-3)17-9-8-12-21-14-17/h5-6,8-10,12,14-15,20,22H,4,7,11,13,16H2,1-3H3/b10-6-,18-5+,19-15-. The van der Waals surface area contributed by atoms with Crippen LogP contribution in [0.5, 0.6) is 0 Å². The third-order valence-corrected chi connectivity index (χ3v) is 3.93. The number of hydrogen-bond donors (Lipinski definition) is 2. The monoisotopic (exact) mass is 347 g/mol. The smallest absolute Gasteiger partial charge is 0.114 e. The lowest BCUT2D eigenvalue weighted by atomic mass is 10.2. The molecule has 1 heterocycles. The number of aromatic nitrogens is 1. The molecule has 1 aromatic rings. The minimum Gasteiger partial charge on any atom is -0.494 e. The molecule has 2 N–H and O–H groups in total. The molecule has 0 aliphatic heterocycles. The number of nitrogens with zero attached hydrogens (tertiary/aromatic N) is 1. The number of rotatable bonds is 12. The molecular weight excluding hydrogens is 318 g/mol. The van der Waals surface area contributed by atoms with Gasteiger partial charge in [-0.2, -0.15) is 0 Å². The normalized spacial score (nSPS) is 12.6. The Labute approximate surface area is 150 Å². The predicted molar refractivity (Wildman–Crippen MR) is 105 cm³/mol. The number of ether oxygens (including phenoxy) is 1. The lowest BCUT2D eigenvalue weighted by molar-refractivity contribution is 0.224. The fourth-order valence-corrected chi connectivity index (χ4v) is 2.65. The second-order valence-electron chi connectivity index (χ2n) is 5.06. The summed E-state index contributed by atoms with van der Waals surface area (Å²) in [6, 6.07) is 3.99. The van der Waals surface area contributed by atoms with Crippen LogP contribution < -0.4 is 10.6 Å². The minimum atomic E-state index is 0.774. The minimum absolute atomic E-state index is 0.774. The van der Waals surface area contributed by atoms with E-state index in [4.69, 9.17) is 4.74 Å². The Bertz CT molecular complexity index is 527. The lowest BCUT2D eigenvalue weighted by Crippen LogP contribution is -2.13. The van der Waals surface area contributed by atoms with Gasteiger partial charge >= 0.3 is 0 Å². The molecule has 0 aromatic carbocycles. The van der Waals surface area contributed by atoms with Crippen LogP contribution in [0.25, 0.3) is 5.70 Å². The SMILES string of the molecule is C/C=C(\C=C/CCNCS/C=C(\NC)c1cccnc1)OCCC. The highest BCUT2D eigenvalue weighted by molar-refractivity contribution is 8.02. The molecule has 1 rings (SSSR count). The summed E-state index contributed by atoms with van der Waals surface area (Å²) >= 11 is 1.74. The van der Waals surface area contributed by atoms with E-state index in [0.29, 0.717) is 0 Å². The summed E-state index contributed by atoms with van der Waals surface area (Å²) in [6.45, 7) is 5.83. The Balaban J connectivity index is 2.20. The van der Waals surface area contributed by atoms with Crippen LogP contribution in [0.2, 0.25) is 0 Å². The number of nitrogens with one attached hydrogen (secondary N) is 2. The van der Waals surface area contributed by atoms with Crippen LogP contribution >= 0.6 is 11.8 Å². The molecule has 0 fully saturated rings. The average Bonchev–Trinajstić information content (AvgIpc) is 2.63. The van der Waals surface area contributed by atoms with Crippen LogP contribution in [0.1, 0.15) is 32.3 Å². The van der Waals surface area contributed by atoms with E-state index in [9.17, 15) is 0 Å². The summed E-state index contributed by atoms with van der Waals surface area (Å²) in [5.74, 6) is 1.83. The van der Waals surface area contributed by atoms with Crippen molar-refractivity contribution >= 4 is 17.5 Å². The first kappa shape index (κ1) is 20.3. The van der Waals surface area contributed by atoms with Gasteiger partial charge in [0.15, 0.2) is 0 Å². The lowest BCUT2D eigenvalue weighted by Gasteiger charge is -2.07. The summed E-state index contributed by atoms with van der Waals surface area (Å²) in [5, 5.41) is 8.74. The summed E-state index contributed by atoms with van der Waals surface area (Å²) < 4.78 is 5.60. The number of allylic oxidation sites excluding steroid dienone is 2. The molecule has 0 atom stereocenters. The maximum Gasteiger partial charge on any atom is 0.114 e. The molecule has 4 nitrogen and oxygen atoms in total. The highest BCUT2D eigenvalue weighted by Gasteiger charge is 1.97. The van der Waals surface area contributed by atoms with Gasteiger partial charge in [-0.1, -0.05) is 13.0 Å². The van der Waals surface area contributed by atoms with Crippen molar-refractivity contribution in [2.24, 2.45) is 0 Å². The summed E-state index contributed by atoms with van der Waals surface area (Å²) in [5.41, 5.74) is 2.18. The van der Waals surface area contributed by atoms with Crippen LogP contribution in [0.3, 0.4) is 0 Å². The third-order valence-electron chi connectivity index (χ3n) is 3.16. The first-order chi connectivity index (χ1) is 11.8. The summed E-state index contributed by atoms with van der Waals surface area (Å²) in [6.07, 6.45) is 11.9. The van der Waals surface area contributed by atoms with Gasteiger partial charge in [-0.15, -0.1) is 11.8 Å². The molecule has 0 saturated carbocycles. The summed E-state index contributed by atoms with van der Waals surface area (Å²) in [4.78, 5) is 4.14. The van der Waals surface area contributed by atoms with Crippen molar-refractivity contribution in [2.75, 3.05) is 26.1 Å². The molecule has 0 aliphatic carbocycles. The zero-order chi connectivity index (χ0) is 17.5. The highest BCUT2D eigenvalue weighted by Crippen LogP contribution is 2.13. The van der Waals surface area contributed by atoms with Crippen molar-refractivity contribution in [2.45, 2.75) is 26.7 Å². The Hall–Kier alpha value is -1.72. The van der Waals surface area contributed by atoms with E-state index in [1.807, 2.05) is 44.5 Å². The van der Waals surface area contributed by atoms with Crippen molar-refractivity contribution in [1.29, 1.82) is 0 Å². The van der Waals surface area contributed by atoms with Crippen molar-refractivity contribution < 1.29 is 4.74 Å². The van der Waals surface area contributed by atoms with Crippen molar-refractivity contribution in [3.05, 3.63) is 59.5 Å². The van der Waals surface area contributed by atoms with Crippen LogP contribution in [-0.4, -0.2) is 31.1 Å². The van der Waals surface area contributed by atoms with Gasteiger partial charge in [-0.3, -0.25) is 4.98 Å². The second kappa shape index (κ2) is 13.7. The Morgan fingerprint density at radius 1 is 1.42 bits per heavy atom. The van der Waals surface area contributed by atoms with Gasteiger partial charge in [0.2, 0.25) is 0 Å². The fourth-order valence-electron chi connectivity index (χ4n) is 1.88. The van der Waals surface area contributed by atoms with Gasteiger partial charge in [0.05, 0.1) is 6.61 Å². The molecule has 132 valence electrons. The largest absolute Gasteiger partial charge is 0.494 e. The van der Waals surface area contributed by atoms with Gasteiger partial charge in [0.1, 0.15) is 5.76 Å². The molecule has 0 radical (unpaired) electrons. The van der Waals surface area contributed by atoms with E-state index in [1.54, 1.807) is 18.0 Å². The maximum absolute atomic E-state index is 5.60. The van der Waals surface area contributed by atoms with E-state index < -0.39 is 0 Å². The predicted octanol–water partition coefficient (Wildman–Crippen LogP) is 4.16. The molecular formula is C19H29N3OS. The van der Waals surface area contributed by atoms with Gasteiger partial charge in [0, 0.05) is 36.6 Å². The maximum atomic E-state index is 5.60. The van der Waals surface area contributed by atoms with Crippen LogP contribution in [0, 0.1) is 0 Å². The third kappa shape index (κ3) is 8.79. The molecule has 1 aromatic heterocycles. The quantitative estimate of drug-likeness (QED) is 0.257. The van der Waals surface area contributed by atoms with E-state index in [1.165, 1.54) is 0 Å². The van der Waals surface area contributed by atoms with Gasteiger partial charge in [-0.05, 0) is 56.0 Å². The average molecular weight is 348 g/mol. The number of pyridine rings is 1. The van der Waals surface area contributed by atoms with E-state index in [0.717, 1.165) is 48.9 Å². The first-order valence-electron chi connectivity index (χ1n) is 8.38. The first-order valence-corrected chi connectivity index (χ1v) is 9.43. The number of thioether (sulfide) groups is 1.